The first kappa shape index (κ1) is 6.71. The predicted molar refractivity (Wildman–Crippen MR) is 33.0 cm³/mol. The van der Waals surface area contributed by atoms with Crippen LogP contribution in [0.4, 0.5) is 0 Å². The molecule has 0 radical (unpaired) electrons. The van der Waals surface area contributed by atoms with Crippen LogP contribution in [0.2, 0.25) is 0 Å². The van der Waals surface area contributed by atoms with Crippen LogP contribution in [-0.4, -0.2) is 25.5 Å². The van der Waals surface area contributed by atoms with E-state index < -0.39 is 0 Å². The molecule has 9 heavy (non-hydrogen) atoms. The van der Waals surface area contributed by atoms with Gasteiger partial charge < -0.3 is 10.5 Å². The molecule has 1 heterocycles. The van der Waals surface area contributed by atoms with Gasteiger partial charge >= 0.3 is 0 Å². The van der Waals surface area contributed by atoms with E-state index in [9.17, 15) is 4.79 Å². The second-order valence-electron chi connectivity index (χ2n) is 2.35. The predicted octanol–water partition coefficient (Wildman–Crippen LogP) is -0.449. The minimum atomic E-state index is 0.142. The topological polar surface area (TPSA) is 52.3 Å². The fourth-order valence-electron chi connectivity index (χ4n) is 0.808. The Bertz CT molecular complexity index is 110. The molecule has 2 N–H and O–H groups in total. The van der Waals surface area contributed by atoms with Crippen molar-refractivity contribution in [2.75, 3.05) is 19.8 Å². The minimum absolute atomic E-state index is 0.142. The Balaban J connectivity index is 2.09. The van der Waals surface area contributed by atoms with E-state index in [0.29, 0.717) is 12.3 Å². The molecular formula is C6H11NO2. The molecule has 1 saturated heterocycles. The maximum Gasteiger partial charge on any atom is 0.146 e. The lowest BCUT2D eigenvalue weighted by atomic mass is 10.0. The van der Waals surface area contributed by atoms with Crippen molar-refractivity contribution in [2.45, 2.75) is 6.42 Å². The van der Waals surface area contributed by atoms with E-state index in [0.717, 1.165) is 13.2 Å². The van der Waals surface area contributed by atoms with Gasteiger partial charge in [-0.15, -0.1) is 0 Å². The van der Waals surface area contributed by atoms with Gasteiger partial charge in [0, 0.05) is 12.3 Å². The van der Waals surface area contributed by atoms with E-state index in [1.807, 2.05) is 0 Å². The molecule has 3 nitrogen and oxygen atoms in total. The molecule has 1 rings (SSSR count). The van der Waals surface area contributed by atoms with Crippen molar-refractivity contribution in [1.82, 2.24) is 0 Å². The average molecular weight is 129 g/mol. The van der Waals surface area contributed by atoms with Gasteiger partial charge in [-0.1, -0.05) is 0 Å². The number of nitrogens with two attached hydrogens (primary N) is 1. The molecule has 0 aromatic heterocycles. The largest absolute Gasteiger partial charge is 0.381 e. The monoisotopic (exact) mass is 129 g/mol. The SMILES string of the molecule is NCC(=O)CC1COC1. The molecule has 0 atom stereocenters. The van der Waals surface area contributed by atoms with Crippen LogP contribution in [-0.2, 0) is 9.53 Å². The van der Waals surface area contributed by atoms with E-state index in [-0.39, 0.29) is 12.3 Å². The molecule has 0 saturated carbocycles. The standard InChI is InChI=1S/C6H11NO2/c7-2-6(8)1-5-3-9-4-5/h5H,1-4,7H2. The number of carbonyl (C=O) groups excluding carboxylic acids is 1. The average Bonchev–Trinajstić information content (AvgIpc) is 1.78. The maximum absolute atomic E-state index is 10.6. The molecule has 0 spiro atoms. The number of ether oxygens (including phenoxy) is 1. The summed E-state index contributed by atoms with van der Waals surface area (Å²) in [5, 5.41) is 0. The van der Waals surface area contributed by atoms with Crippen LogP contribution >= 0.6 is 0 Å². The number of hydrogen-bond acceptors (Lipinski definition) is 3. The van der Waals surface area contributed by atoms with Crippen molar-refractivity contribution in [1.29, 1.82) is 0 Å². The first-order valence-corrected chi connectivity index (χ1v) is 3.12. The fourth-order valence-corrected chi connectivity index (χ4v) is 0.808. The van der Waals surface area contributed by atoms with E-state index in [1.54, 1.807) is 0 Å². The fraction of sp³-hybridized carbons (Fsp3) is 0.833. The van der Waals surface area contributed by atoms with E-state index in [1.165, 1.54) is 0 Å². The minimum Gasteiger partial charge on any atom is -0.381 e. The lowest BCUT2D eigenvalue weighted by Gasteiger charge is -2.24. The molecule has 0 bridgehead atoms. The van der Waals surface area contributed by atoms with Gasteiger partial charge in [-0.3, -0.25) is 4.79 Å². The molecule has 0 unspecified atom stereocenters. The lowest BCUT2D eigenvalue weighted by Crippen LogP contribution is -2.31. The van der Waals surface area contributed by atoms with Gasteiger partial charge in [0.2, 0.25) is 0 Å². The summed E-state index contributed by atoms with van der Waals surface area (Å²) in [5.74, 6) is 0.601. The molecule has 0 aromatic carbocycles. The summed E-state index contributed by atoms with van der Waals surface area (Å²) in [4.78, 5) is 10.6. The molecule has 1 aliphatic rings. The molecule has 1 aliphatic heterocycles. The smallest absolute Gasteiger partial charge is 0.146 e. The van der Waals surface area contributed by atoms with Gasteiger partial charge in [-0.05, 0) is 0 Å². The summed E-state index contributed by atoms with van der Waals surface area (Å²) in [6.45, 7) is 1.66. The molecule has 0 aliphatic carbocycles. The van der Waals surface area contributed by atoms with Gasteiger partial charge in [0.15, 0.2) is 0 Å². The molecule has 52 valence electrons. The van der Waals surface area contributed by atoms with E-state index in [4.69, 9.17) is 10.5 Å². The first-order valence-electron chi connectivity index (χ1n) is 3.12. The highest BCUT2D eigenvalue weighted by Crippen LogP contribution is 2.13. The van der Waals surface area contributed by atoms with Crippen LogP contribution in [0.5, 0.6) is 0 Å². The van der Waals surface area contributed by atoms with Crippen LogP contribution in [0.15, 0.2) is 0 Å². The lowest BCUT2D eigenvalue weighted by molar-refractivity contribution is -0.123. The third-order valence-electron chi connectivity index (χ3n) is 1.45. The van der Waals surface area contributed by atoms with Crippen molar-refractivity contribution in [2.24, 2.45) is 11.7 Å². The summed E-state index contributed by atoms with van der Waals surface area (Å²) in [7, 11) is 0. The van der Waals surface area contributed by atoms with E-state index in [2.05, 4.69) is 0 Å². The number of hydrogen-bond donors (Lipinski definition) is 1. The van der Waals surface area contributed by atoms with Gasteiger partial charge in [0.05, 0.1) is 19.8 Å². The van der Waals surface area contributed by atoms with Crippen molar-refractivity contribution in [3.05, 3.63) is 0 Å². The van der Waals surface area contributed by atoms with Gasteiger partial charge in [0.25, 0.3) is 0 Å². The van der Waals surface area contributed by atoms with Crippen molar-refractivity contribution < 1.29 is 9.53 Å². The summed E-state index contributed by atoms with van der Waals surface area (Å²) < 4.78 is 4.89. The summed E-state index contributed by atoms with van der Waals surface area (Å²) >= 11 is 0. The number of rotatable bonds is 3. The highest BCUT2D eigenvalue weighted by atomic mass is 16.5. The zero-order valence-corrected chi connectivity index (χ0v) is 5.30. The normalized spacial score (nSPS) is 19.2. The Hall–Kier alpha value is -0.410. The highest BCUT2D eigenvalue weighted by Gasteiger charge is 2.20. The van der Waals surface area contributed by atoms with Crippen LogP contribution in [0.1, 0.15) is 6.42 Å². The Kier molecular flexibility index (Phi) is 2.19. The first-order chi connectivity index (χ1) is 4.33. The summed E-state index contributed by atoms with van der Waals surface area (Å²) in [6, 6.07) is 0. The van der Waals surface area contributed by atoms with Crippen molar-refractivity contribution in [3.63, 3.8) is 0 Å². The van der Waals surface area contributed by atoms with Gasteiger partial charge in [0.1, 0.15) is 5.78 Å². The van der Waals surface area contributed by atoms with Gasteiger partial charge in [-0.25, -0.2) is 0 Å². The van der Waals surface area contributed by atoms with Crippen molar-refractivity contribution in [3.8, 4) is 0 Å². The Morgan fingerprint density at radius 2 is 2.33 bits per heavy atom. The second kappa shape index (κ2) is 2.94. The number of carbonyl (C=O) groups is 1. The zero-order chi connectivity index (χ0) is 6.69. The second-order valence-corrected chi connectivity index (χ2v) is 2.35. The molecule has 3 heteroatoms. The molecule has 1 fully saturated rings. The molecule has 0 amide bonds. The van der Waals surface area contributed by atoms with Crippen molar-refractivity contribution >= 4 is 5.78 Å². The third kappa shape index (κ3) is 1.77. The Morgan fingerprint density at radius 3 is 2.67 bits per heavy atom. The Morgan fingerprint density at radius 1 is 1.67 bits per heavy atom. The molecule has 0 aromatic rings. The highest BCUT2D eigenvalue weighted by molar-refractivity contribution is 5.80. The maximum atomic E-state index is 10.6. The van der Waals surface area contributed by atoms with Gasteiger partial charge in [-0.2, -0.15) is 0 Å². The van der Waals surface area contributed by atoms with E-state index >= 15 is 0 Å². The van der Waals surface area contributed by atoms with Crippen LogP contribution in [0.3, 0.4) is 0 Å². The van der Waals surface area contributed by atoms with Crippen LogP contribution < -0.4 is 5.73 Å². The summed E-state index contributed by atoms with van der Waals surface area (Å²) in [6.07, 6.45) is 0.608. The van der Waals surface area contributed by atoms with Crippen LogP contribution in [0, 0.1) is 5.92 Å². The third-order valence-corrected chi connectivity index (χ3v) is 1.45. The Labute approximate surface area is 54.2 Å². The van der Waals surface area contributed by atoms with Crippen LogP contribution in [0.25, 0.3) is 0 Å². The molecular weight excluding hydrogens is 118 g/mol. The zero-order valence-electron chi connectivity index (χ0n) is 5.30. The quantitative estimate of drug-likeness (QED) is 0.561. The number of ketones is 1. The summed E-state index contributed by atoms with van der Waals surface area (Å²) in [5.41, 5.74) is 5.11. The number of Topliss-reactive ketones (excluding diaryl/α,β-unsaturated/α-hetero) is 1.